The quantitative estimate of drug-likeness (QED) is 0.268. The maximum Gasteiger partial charge on any atom is 0.314 e. The van der Waals surface area contributed by atoms with Gasteiger partial charge in [-0.1, -0.05) is 49.8 Å². The molecule has 0 aromatic heterocycles. The van der Waals surface area contributed by atoms with Gasteiger partial charge in [0.25, 0.3) is 0 Å². The lowest BCUT2D eigenvalue weighted by molar-refractivity contribution is -0.155. The first-order valence-corrected chi connectivity index (χ1v) is 8.50. The summed E-state index contributed by atoms with van der Waals surface area (Å²) in [6, 6.07) is 7.22. The van der Waals surface area contributed by atoms with Crippen molar-refractivity contribution in [3.63, 3.8) is 0 Å². The molecule has 0 radical (unpaired) electrons. The fourth-order valence-electron chi connectivity index (χ4n) is 2.44. The van der Waals surface area contributed by atoms with E-state index in [4.69, 9.17) is 4.74 Å². The van der Waals surface area contributed by atoms with Gasteiger partial charge < -0.3 is 4.74 Å². The monoisotopic (exact) mass is 330 g/mol. The molecule has 0 amide bonds. The SMILES string of the molecule is C=CC(C)(C)CCCC(C)(C)OC(=O)CC(=O)c1ccc(C)cc1. The van der Waals surface area contributed by atoms with E-state index in [2.05, 4.69) is 20.4 Å². The highest BCUT2D eigenvalue weighted by molar-refractivity contribution is 6.06. The maximum atomic E-state index is 12.1. The van der Waals surface area contributed by atoms with Crippen LogP contribution < -0.4 is 0 Å². The van der Waals surface area contributed by atoms with Gasteiger partial charge in [0.1, 0.15) is 12.0 Å². The van der Waals surface area contributed by atoms with Crippen molar-refractivity contribution in [1.29, 1.82) is 0 Å². The van der Waals surface area contributed by atoms with Crippen LogP contribution in [-0.2, 0) is 9.53 Å². The Balaban J connectivity index is 2.48. The molecule has 0 aliphatic rings. The molecule has 0 saturated carbocycles. The highest BCUT2D eigenvalue weighted by Gasteiger charge is 2.25. The molecule has 1 aromatic rings. The Labute approximate surface area is 146 Å². The lowest BCUT2D eigenvalue weighted by atomic mass is 9.85. The van der Waals surface area contributed by atoms with E-state index in [0.29, 0.717) is 5.56 Å². The minimum atomic E-state index is -0.568. The van der Waals surface area contributed by atoms with Crippen molar-refractivity contribution < 1.29 is 14.3 Å². The molecule has 0 bridgehead atoms. The van der Waals surface area contributed by atoms with Gasteiger partial charge in [0.05, 0.1) is 0 Å². The number of aryl methyl sites for hydroxylation is 1. The zero-order valence-electron chi connectivity index (χ0n) is 15.6. The molecule has 0 fully saturated rings. The molecule has 0 unspecified atom stereocenters. The standard InChI is InChI=1S/C21H30O3/c1-7-20(3,4)13-8-14-21(5,6)24-19(23)15-18(22)17-11-9-16(2)10-12-17/h7,9-12H,1,8,13-15H2,2-6H3. The molecular weight excluding hydrogens is 300 g/mol. The summed E-state index contributed by atoms with van der Waals surface area (Å²) >= 11 is 0. The van der Waals surface area contributed by atoms with Crippen LogP contribution in [0.4, 0.5) is 0 Å². The van der Waals surface area contributed by atoms with Crippen LogP contribution in [0.1, 0.15) is 69.3 Å². The van der Waals surface area contributed by atoms with E-state index < -0.39 is 11.6 Å². The first-order chi connectivity index (χ1) is 11.0. The number of esters is 1. The molecule has 1 rings (SSSR count). The molecule has 0 spiro atoms. The average Bonchev–Trinajstić information content (AvgIpc) is 2.46. The van der Waals surface area contributed by atoms with Gasteiger partial charge in [-0.15, -0.1) is 6.58 Å². The van der Waals surface area contributed by atoms with Crippen LogP contribution in [-0.4, -0.2) is 17.4 Å². The van der Waals surface area contributed by atoms with Gasteiger partial charge in [-0.2, -0.15) is 0 Å². The average molecular weight is 330 g/mol. The van der Waals surface area contributed by atoms with Gasteiger partial charge in [-0.3, -0.25) is 9.59 Å². The van der Waals surface area contributed by atoms with Crippen LogP contribution in [0.3, 0.4) is 0 Å². The lowest BCUT2D eigenvalue weighted by Gasteiger charge is -2.27. The molecule has 0 heterocycles. The van der Waals surface area contributed by atoms with Crippen molar-refractivity contribution in [1.82, 2.24) is 0 Å². The summed E-state index contributed by atoms with van der Waals surface area (Å²) in [5.41, 5.74) is 1.14. The van der Waals surface area contributed by atoms with Gasteiger partial charge in [0.2, 0.25) is 0 Å². The number of hydrogen-bond acceptors (Lipinski definition) is 3. The van der Waals surface area contributed by atoms with E-state index in [0.717, 1.165) is 24.8 Å². The van der Waals surface area contributed by atoms with Crippen LogP contribution in [0.25, 0.3) is 0 Å². The van der Waals surface area contributed by atoms with Crippen molar-refractivity contribution in [2.75, 3.05) is 0 Å². The van der Waals surface area contributed by atoms with Crippen molar-refractivity contribution >= 4 is 11.8 Å². The van der Waals surface area contributed by atoms with Gasteiger partial charge >= 0.3 is 5.97 Å². The Hall–Kier alpha value is -1.90. The first-order valence-electron chi connectivity index (χ1n) is 8.50. The fourth-order valence-corrected chi connectivity index (χ4v) is 2.44. The van der Waals surface area contributed by atoms with Crippen molar-refractivity contribution in [2.24, 2.45) is 5.41 Å². The second kappa shape index (κ2) is 8.27. The predicted molar refractivity (Wildman–Crippen MR) is 98.1 cm³/mol. The Bertz CT molecular complexity index is 580. The number of hydrogen-bond donors (Lipinski definition) is 0. The third kappa shape index (κ3) is 7.12. The Kier molecular flexibility index (Phi) is 6.94. The molecule has 132 valence electrons. The number of carbonyl (C=O) groups excluding carboxylic acids is 2. The summed E-state index contributed by atoms with van der Waals surface area (Å²) in [5.74, 6) is -0.669. The van der Waals surface area contributed by atoms with Crippen molar-refractivity contribution in [3.8, 4) is 0 Å². The molecule has 1 aromatic carbocycles. The lowest BCUT2D eigenvalue weighted by Crippen LogP contribution is -2.29. The minimum Gasteiger partial charge on any atom is -0.459 e. The first kappa shape index (κ1) is 20.1. The second-order valence-electron chi connectivity index (χ2n) is 7.75. The van der Waals surface area contributed by atoms with Crippen LogP contribution >= 0.6 is 0 Å². The molecule has 3 heteroatoms. The Morgan fingerprint density at radius 2 is 1.67 bits per heavy atom. The number of carbonyl (C=O) groups is 2. The van der Waals surface area contributed by atoms with E-state index in [1.54, 1.807) is 12.1 Å². The number of benzene rings is 1. The van der Waals surface area contributed by atoms with Crippen LogP contribution in [0.15, 0.2) is 36.9 Å². The summed E-state index contributed by atoms with van der Waals surface area (Å²) in [4.78, 5) is 24.2. The van der Waals surface area contributed by atoms with Gasteiger partial charge in [0.15, 0.2) is 5.78 Å². The number of rotatable bonds is 9. The summed E-state index contributed by atoms with van der Waals surface area (Å²) in [5, 5.41) is 0. The molecule has 0 N–H and O–H groups in total. The minimum absolute atomic E-state index is 0.0848. The van der Waals surface area contributed by atoms with E-state index in [1.165, 1.54) is 0 Å². The molecule has 0 aliphatic carbocycles. The number of allylic oxidation sites excluding steroid dienone is 1. The number of ketones is 1. The smallest absolute Gasteiger partial charge is 0.314 e. The largest absolute Gasteiger partial charge is 0.459 e. The topological polar surface area (TPSA) is 43.4 Å². The predicted octanol–water partition coefficient (Wildman–Crippen LogP) is 5.27. The van der Waals surface area contributed by atoms with E-state index in [-0.39, 0.29) is 17.6 Å². The zero-order chi connectivity index (χ0) is 18.4. The van der Waals surface area contributed by atoms with Crippen LogP contribution in [0.2, 0.25) is 0 Å². The van der Waals surface area contributed by atoms with E-state index >= 15 is 0 Å². The normalized spacial score (nSPS) is 11.9. The number of ether oxygens (including phenoxy) is 1. The van der Waals surface area contributed by atoms with E-state index in [1.807, 2.05) is 39.0 Å². The van der Waals surface area contributed by atoms with Gasteiger partial charge in [-0.05, 0) is 45.4 Å². The van der Waals surface area contributed by atoms with E-state index in [9.17, 15) is 9.59 Å². The molecule has 0 aliphatic heterocycles. The molecule has 24 heavy (non-hydrogen) atoms. The fraction of sp³-hybridized carbons (Fsp3) is 0.524. The van der Waals surface area contributed by atoms with Crippen molar-refractivity contribution in [3.05, 3.63) is 48.0 Å². The van der Waals surface area contributed by atoms with Crippen molar-refractivity contribution in [2.45, 2.75) is 65.9 Å². The van der Waals surface area contributed by atoms with Crippen LogP contribution in [0.5, 0.6) is 0 Å². The summed E-state index contributed by atoms with van der Waals surface area (Å²) < 4.78 is 5.52. The van der Waals surface area contributed by atoms with Gasteiger partial charge in [0, 0.05) is 5.56 Å². The third-order valence-electron chi connectivity index (χ3n) is 4.22. The number of Topliss-reactive ketones (excluding diaryl/α,β-unsaturated/α-hetero) is 1. The maximum absolute atomic E-state index is 12.1. The van der Waals surface area contributed by atoms with Crippen LogP contribution in [0, 0.1) is 12.3 Å². The van der Waals surface area contributed by atoms with Gasteiger partial charge in [-0.25, -0.2) is 0 Å². The Morgan fingerprint density at radius 3 is 2.21 bits per heavy atom. The summed E-state index contributed by atoms with van der Waals surface area (Å²) in [6.07, 6.45) is 4.41. The molecular formula is C21H30O3. The summed E-state index contributed by atoms with van der Waals surface area (Å²) in [6.45, 7) is 13.9. The Morgan fingerprint density at radius 1 is 1.08 bits per heavy atom. The second-order valence-corrected chi connectivity index (χ2v) is 7.75. The molecule has 0 saturated heterocycles. The highest BCUT2D eigenvalue weighted by Crippen LogP contribution is 2.27. The third-order valence-corrected chi connectivity index (χ3v) is 4.22. The highest BCUT2D eigenvalue weighted by atomic mass is 16.6. The molecule has 3 nitrogen and oxygen atoms in total. The summed E-state index contributed by atoms with van der Waals surface area (Å²) in [7, 11) is 0. The zero-order valence-corrected chi connectivity index (χ0v) is 15.6. The molecule has 0 atom stereocenters.